The number of anilines is 1. The largest absolute Gasteiger partial charge is 0.462 e. The summed E-state index contributed by atoms with van der Waals surface area (Å²) in [5.41, 5.74) is 2.31. The van der Waals surface area contributed by atoms with Crippen LogP contribution in [0.25, 0.3) is 11.0 Å². The van der Waals surface area contributed by atoms with Crippen molar-refractivity contribution in [1.82, 2.24) is 14.8 Å². The van der Waals surface area contributed by atoms with Gasteiger partial charge < -0.3 is 9.64 Å². The molecule has 0 aromatic carbocycles. The van der Waals surface area contributed by atoms with E-state index < -0.39 is 0 Å². The molecule has 2 aromatic heterocycles. The summed E-state index contributed by atoms with van der Waals surface area (Å²) in [6, 6.07) is 0. The van der Waals surface area contributed by atoms with E-state index >= 15 is 0 Å². The standard InChI is InChI=1S/C16H22N4O2/c1-3-20-15-12(11-18-20)14(19-8-6-5-7-9-19)13(10-17-15)16(21)22-4-2/h10-11H,3-9H2,1-2H3. The minimum absolute atomic E-state index is 0.304. The van der Waals surface area contributed by atoms with Gasteiger partial charge in [-0.15, -0.1) is 0 Å². The Morgan fingerprint density at radius 2 is 2.00 bits per heavy atom. The lowest BCUT2D eigenvalue weighted by molar-refractivity contribution is 0.0526. The van der Waals surface area contributed by atoms with Crippen molar-refractivity contribution in [2.75, 3.05) is 24.6 Å². The number of aryl methyl sites for hydroxylation is 1. The summed E-state index contributed by atoms with van der Waals surface area (Å²) in [5, 5.41) is 5.33. The average Bonchev–Trinajstić information content (AvgIpc) is 2.98. The van der Waals surface area contributed by atoms with Crippen molar-refractivity contribution >= 4 is 22.7 Å². The molecule has 0 radical (unpaired) electrons. The maximum absolute atomic E-state index is 12.3. The summed E-state index contributed by atoms with van der Waals surface area (Å²) in [6.45, 7) is 6.90. The van der Waals surface area contributed by atoms with Gasteiger partial charge in [-0.25, -0.2) is 14.5 Å². The molecule has 0 bridgehead atoms. The Labute approximate surface area is 130 Å². The maximum atomic E-state index is 12.3. The van der Waals surface area contributed by atoms with Gasteiger partial charge in [0.25, 0.3) is 0 Å². The van der Waals surface area contributed by atoms with Crippen LogP contribution in [-0.4, -0.2) is 40.4 Å². The molecule has 6 heteroatoms. The number of rotatable bonds is 4. The second kappa shape index (κ2) is 6.34. The third-order valence-corrected chi connectivity index (χ3v) is 4.10. The van der Waals surface area contributed by atoms with Crippen LogP contribution < -0.4 is 4.90 Å². The van der Waals surface area contributed by atoms with E-state index in [1.54, 1.807) is 6.20 Å². The summed E-state index contributed by atoms with van der Waals surface area (Å²) < 4.78 is 7.07. The van der Waals surface area contributed by atoms with E-state index in [1.165, 1.54) is 6.42 Å². The van der Waals surface area contributed by atoms with Crippen molar-refractivity contribution in [2.24, 2.45) is 0 Å². The minimum atomic E-state index is -0.304. The number of hydrogen-bond acceptors (Lipinski definition) is 5. The van der Waals surface area contributed by atoms with Crippen molar-refractivity contribution < 1.29 is 9.53 Å². The summed E-state index contributed by atoms with van der Waals surface area (Å²) in [7, 11) is 0. The zero-order valence-electron chi connectivity index (χ0n) is 13.2. The normalized spacial score (nSPS) is 15.3. The van der Waals surface area contributed by atoms with Gasteiger partial charge in [0.15, 0.2) is 5.65 Å². The van der Waals surface area contributed by atoms with Crippen LogP contribution in [-0.2, 0) is 11.3 Å². The first-order valence-electron chi connectivity index (χ1n) is 8.02. The predicted octanol–water partition coefficient (Wildman–Crippen LogP) is 2.62. The van der Waals surface area contributed by atoms with Crippen molar-refractivity contribution in [3.63, 3.8) is 0 Å². The zero-order valence-corrected chi connectivity index (χ0v) is 13.2. The molecule has 118 valence electrons. The smallest absolute Gasteiger partial charge is 0.341 e. The van der Waals surface area contributed by atoms with E-state index in [9.17, 15) is 4.79 Å². The highest BCUT2D eigenvalue weighted by atomic mass is 16.5. The quantitative estimate of drug-likeness (QED) is 0.813. The van der Waals surface area contributed by atoms with E-state index in [4.69, 9.17) is 4.74 Å². The lowest BCUT2D eigenvalue weighted by atomic mass is 10.1. The highest BCUT2D eigenvalue weighted by molar-refractivity contribution is 6.04. The van der Waals surface area contributed by atoms with Crippen molar-refractivity contribution in [2.45, 2.75) is 39.7 Å². The average molecular weight is 302 g/mol. The summed E-state index contributed by atoms with van der Waals surface area (Å²) in [6.07, 6.45) is 6.99. The molecule has 0 spiro atoms. The Balaban J connectivity index is 2.14. The molecule has 1 fully saturated rings. The molecule has 22 heavy (non-hydrogen) atoms. The van der Waals surface area contributed by atoms with E-state index in [1.807, 2.05) is 24.7 Å². The lowest BCUT2D eigenvalue weighted by Crippen LogP contribution is -2.31. The van der Waals surface area contributed by atoms with Gasteiger partial charge in [-0.05, 0) is 33.1 Å². The molecule has 0 atom stereocenters. The highest BCUT2D eigenvalue weighted by Gasteiger charge is 2.24. The number of pyridine rings is 1. The van der Waals surface area contributed by atoms with Crippen LogP contribution in [0.2, 0.25) is 0 Å². The van der Waals surface area contributed by atoms with Crippen LogP contribution >= 0.6 is 0 Å². The number of piperidine rings is 1. The number of nitrogens with zero attached hydrogens (tertiary/aromatic N) is 4. The first kappa shape index (κ1) is 14.8. The van der Waals surface area contributed by atoms with Gasteiger partial charge in [0.2, 0.25) is 0 Å². The van der Waals surface area contributed by atoms with Crippen molar-refractivity contribution in [3.8, 4) is 0 Å². The van der Waals surface area contributed by atoms with Gasteiger partial charge in [0.05, 0.1) is 23.9 Å². The van der Waals surface area contributed by atoms with Crippen LogP contribution in [0.4, 0.5) is 5.69 Å². The molecule has 0 saturated carbocycles. The molecule has 6 nitrogen and oxygen atoms in total. The molecule has 0 N–H and O–H groups in total. The van der Waals surface area contributed by atoms with Crippen molar-refractivity contribution in [3.05, 3.63) is 18.0 Å². The number of hydrogen-bond donors (Lipinski definition) is 0. The topological polar surface area (TPSA) is 60.2 Å². The number of fused-ring (bicyclic) bond motifs is 1. The van der Waals surface area contributed by atoms with Crippen LogP contribution in [0.5, 0.6) is 0 Å². The molecular formula is C16H22N4O2. The van der Waals surface area contributed by atoms with Gasteiger partial charge in [-0.3, -0.25) is 0 Å². The molecule has 3 rings (SSSR count). The van der Waals surface area contributed by atoms with E-state index in [-0.39, 0.29) is 5.97 Å². The molecule has 0 unspecified atom stereocenters. The summed E-state index contributed by atoms with van der Waals surface area (Å²) >= 11 is 0. The first-order valence-corrected chi connectivity index (χ1v) is 8.02. The van der Waals surface area contributed by atoms with Crippen LogP contribution in [0.15, 0.2) is 12.4 Å². The van der Waals surface area contributed by atoms with Crippen LogP contribution in [0, 0.1) is 0 Å². The SMILES string of the molecule is CCOC(=O)c1cnc2c(cnn2CC)c1N1CCCCC1. The van der Waals surface area contributed by atoms with E-state index in [0.29, 0.717) is 12.2 Å². The third-order valence-electron chi connectivity index (χ3n) is 4.10. The number of esters is 1. The summed E-state index contributed by atoms with van der Waals surface area (Å²) in [4.78, 5) is 19.0. The van der Waals surface area contributed by atoms with E-state index in [0.717, 1.165) is 49.2 Å². The second-order valence-corrected chi connectivity index (χ2v) is 5.49. The molecule has 1 saturated heterocycles. The highest BCUT2D eigenvalue weighted by Crippen LogP contribution is 2.32. The lowest BCUT2D eigenvalue weighted by Gasteiger charge is -2.30. The molecule has 1 aliphatic heterocycles. The fraction of sp³-hybridized carbons (Fsp3) is 0.562. The molecule has 1 aliphatic rings. The fourth-order valence-corrected chi connectivity index (χ4v) is 3.06. The monoisotopic (exact) mass is 302 g/mol. The second-order valence-electron chi connectivity index (χ2n) is 5.49. The minimum Gasteiger partial charge on any atom is -0.462 e. The Bertz CT molecular complexity index is 674. The Kier molecular flexibility index (Phi) is 4.27. The van der Waals surface area contributed by atoms with Gasteiger partial charge in [-0.2, -0.15) is 5.10 Å². The van der Waals surface area contributed by atoms with Crippen LogP contribution in [0.1, 0.15) is 43.5 Å². The molecule has 0 amide bonds. The number of ether oxygens (including phenoxy) is 1. The zero-order chi connectivity index (χ0) is 15.5. The Morgan fingerprint density at radius 3 is 2.68 bits per heavy atom. The number of carbonyl (C=O) groups is 1. The van der Waals surface area contributed by atoms with Gasteiger partial charge in [-0.1, -0.05) is 0 Å². The van der Waals surface area contributed by atoms with Crippen molar-refractivity contribution in [1.29, 1.82) is 0 Å². The Hall–Kier alpha value is -2.11. The number of aromatic nitrogens is 3. The molecule has 3 heterocycles. The third kappa shape index (κ3) is 2.53. The van der Waals surface area contributed by atoms with Gasteiger partial charge >= 0.3 is 5.97 Å². The van der Waals surface area contributed by atoms with Gasteiger partial charge in [0.1, 0.15) is 5.56 Å². The Morgan fingerprint density at radius 1 is 1.23 bits per heavy atom. The van der Waals surface area contributed by atoms with E-state index in [2.05, 4.69) is 15.0 Å². The first-order chi connectivity index (χ1) is 10.8. The van der Waals surface area contributed by atoms with Gasteiger partial charge in [0, 0.05) is 25.8 Å². The molecular weight excluding hydrogens is 280 g/mol. The molecule has 2 aromatic rings. The predicted molar refractivity (Wildman–Crippen MR) is 85.2 cm³/mol. The molecule has 0 aliphatic carbocycles. The fourth-order valence-electron chi connectivity index (χ4n) is 3.06. The van der Waals surface area contributed by atoms with Crippen LogP contribution in [0.3, 0.4) is 0 Å². The summed E-state index contributed by atoms with van der Waals surface area (Å²) in [5.74, 6) is -0.304. The maximum Gasteiger partial charge on any atom is 0.341 e. The number of carbonyl (C=O) groups excluding carboxylic acids is 1.